The van der Waals surface area contributed by atoms with E-state index in [0.717, 1.165) is 16.5 Å². The highest BCUT2D eigenvalue weighted by molar-refractivity contribution is 5.81. The van der Waals surface area contributed by atoms with Gasteiger partial charge in [-0.1, -0.05) is 30.3 Å². The Morgan fingerprint density at radius 3 is 2.85 bits per heavy atom. The van der Waals surface area contributed by atoms with Gasteiger partial charge in [-0.15, -0.1) is 0 Å². The average Bonchev–Trinajstić information content (AvgIpc) is 2.90. The maximum absolute atomic E-state index is 11.9. The molecule has 3 aromatic rings. The monoisotopic (exact) mass is 266 g/mol. The number of aromatic nitrogens is 2. The summed E-state index contributed by atoms with van der Waals surface area (Å²) in [7, 11) is 0. The van der Waals surface area contributed by atoms with E-state index >= 15 is 0 Å². The zero-order chi connectivity index (χ0) is 13.8. The second-order valence-electron chi connectivity index (χ2n) is 4.52. The summed E-state index contributed by atoms with van der Waals surface area (Å²) in [6.45, 7) is 0.499. The molecule has 0 aliphatic rings. The van der Waals surface area contributed by atoms with Crippen LogP contribution in [0.25, 0.3) is 10.9 Å². The van der Waals surface area contributed by atoms with Crippen LogP contribution in [0.5, 0.6) is 0 Å². The molecular formula is C16H14N2O2. The summed E-state index contributed by atoms with van der Waals surface area (Å²) in [5, 5.41) is 1.07. The minimum atomic E-state index is -0.254. The minimum absolute atomic E-state index is 0.196. The Balaban J connectivity index is 1.64. The maximum atomic E-state index is 11.9. The van der Waals surface area contributed by atoms with Crippen molar-refractivity contribution < 1.29 is 9.53 Å². The highest BCUT2D eigenvalue weighted by Crippen LogP contribution is 2.13. The molecule has 0 radical (unpaired) electrons. The van der Waals surface area contributed by atoms with Crippen LogP contribution in [-0.2, 0) is 22.7 Å². The molecule has 3 rings (SSSR count). The van der Waals surface area contributed by atoms with Gasteiger partial charge in [0.25, 0.3) is 0 Å². The van der Waals surface area contributed by atoms with E-state index in [0.29, 0.717) is 6.61 Å². The molecule has 2 aromatic heterocycles. The molecule has 0 bridgehead atoms. The van der Waals surface area contributed by atoms with Crippen molar-refractivity contribution in [1.82, 2.24) is 9.55 Å². The van der Waals surface area contributed by atoms with Crippen LogP contribution >= 0.6 is 0 Å². The van der Waals surface area contributed by atoms with E-state index in [1.165, 1.54) is 0 Å². The van der Waals surface area contributed by atoms with Crippen molar-refractivity contribution >= 4 is 16.9 Å². The standard InChI is InChI=1S/C16H14N2O2/c19-16(20-12-13-4-2-1-3-5-13)11-18-9-7-14-6-8-17-10-15(14)18/h1-10H,11-12H2. The third kappa shape index (κ3) is 2.69. The fraction of sp³-hybridized carbons (Fsp3) is 0.125. The summed E-state index contributed by atoms with van der Waals surface area (Å²) in [5.74, 6) is -0.254. The molecule has 2 heterocycles. The predicted octanol–water partition coefficient (Wildman–Crippen LogP) is 2.78. The smallest absolute Gasteiger partial charge is 0.326 e. The number of carbonyl (C=O) groups excluding carboxylic acids is 1. The van der Waals surface area contributed by atoms with E-state index in [4.69, 9.17) is 4.74 Å². The Morgan fingerprint density at radius 1 is 1.15 bits per heavy atom. The van der Waals surface area contributed by atoms with E-state index in [-0.39, 0.29) is 12.5 Å². The zero-order valence-corrected chi connectivity index (χ0v) is 10.9. The number of pyridine rings is 1. The summed E-state index contributed by atoms with van der Waals surface area (Å²) in [5.41, 5.74) is 1.92. The molecule has 0 spiro atoms. The molecule has 4 nitrogen and oxygen atoms in total. The molecule has 20 heavy (non-hydrogen) atoms. The highest BCUT2D eigenvalue weighted by Gasteiger charge is 2.07. The first-order chi connectivity index (χ1) is 9.83. The van der Waals surface area contributed by atoms with E-state index < -0.39 is 0 Å². The van der Waals surface area contributed by atoms with Gasteiger partial charge in [-0.2, -0.15) is 0 Å². The maximum Gasteiger partial charge on any atom is 0.326 e. The normalized spacial score (nSPS) is 10.6. The summed E-state index contributed by atoms with van der Waals surface area (Å²) in [6, 6.07) is 13.5. The lowest BCUT2D eigenvalue weighted by molar-refractivity contribution is -0.145. The summed E-state index contributed by atoms with van der Waals surface area (Å²) < 4.78 is 7.11. The Hall–Kier alpha value is -2.62. The number of hydrogen-bond acceptors (Lipinski definition) is 3. The highest BCUT2D eigenvalue weighted by atomic mass is 16.5. The Morgan fingerprint density at radius 2 is 2.00 bits per heavy atom. The van der Waals surface area contributed by atoms with Crippen LogP contribution in [0.1, 0.15) is 5.56 Å². The van der Waals surface area contributed by atoms with Crippen molar-refractivity contribution in [3.05, 3.63) is 66.6 Å². The first-order valence-corrected chi connectivity index (χ1v) is 6.41. The number of hydrogen-bond donors (Lipinski definition) is 0. The van der Waals surface area contributed by atoms with Gasteiger partial charge in [0, 0.05) is 17.8 Å². The van der Waals surface area contributed by atoms with E-state index in [1.54, 1.807) is 12.4 Å². The number of fused-ring (bicyclic) bond motifs is 1. The van der Waals surface area contributed by atoms with Gasteiger partial charge < -0.3 is 9.30 Å². The minimum Gasteiger partial charge on any atom is -0.459 e. The molecule has 0 saturated carbocycles. The molecule has 4 heteroatoms. The third-order valence-corrected chi connectivity index (χ3v) is 3.12. The van der Waals surface area contributed by atoms with Crippen LogP contribution in [0.2, 0.25) is 0 Å². The second-order valence-corrected chi connectivity index (χ2v) is 4.52. The Labute approximate surface area is 116 Å². The van der Waals surface area contributed by atoms with E-state index in [9.17, 15) is 4.79 Å². The molecule has 0 atom stereocenters. The number of nitrogens with zero attached hydrogens (tertiary/aromatic N) is 2. The summed E-state index contributed by atoms with van der Waals surface area (Å²) in [4.78, 5) is 15.9. The van der Waals surface area contributed by atoms with Gasteiger partial charge in [0.2, 0.25) is 0 Å². The Kier molecular flexibility index (Phi) is 3.46. The molecule has 0 N–H and O–H groups in total. The van der Waals surface area contributed by atoms with Gasteiger partial charge in [0.1, 0.15) is 13.2 Å². The van der Waals surface area contributed by atoms with Crippen LogP contribution in [0.4, 0.5) is 0 Å². The first kappa shape index (κ1) is 12.4. The van der Waals surface area contributed by atoms with Crippen LogP contribution in [-0.4, -0.2) is 15.5 Å². The molecule has 0 aliphatic heterocycles. The van der Waals surface area contributed by atoms with E-state index in [1.807, 2.05) is 53.2 Å². The van der Waals surface area contributed by atoms with Crippen molar-refractivity contribution in [2.45, 2.75) is 13.2 Å². The first-order valence-electron chi connectivity index (χ1n) is 6.41. The average molecular weight is 266 g/mol. The fourth-order valence-electron chi connectivity index (χ4n) is 2.09. The van der Waals surface area contributed by atoms with Crippen molar-refractivity contribution in [1.29, 1.82) is 0 Å². The van der Waals surface area contributed by atoms with Crippen LogP contribution in [0.15, 0.2) is 61.1 Å². The lowest BCUT2D eigenvalue weighted by Gasteiger charge is -2.06. The number of rotatable bonds is 4. The predicted molar refractivity (Wildman–Crippen MR) is 76.0 cm³/mol. The number of ether oxygens (including phenoxy) is 1. The summed E-state index contributed by atoms with van der Waals surface area (Å²) >= 11 is 0. The lowest BCUT2D eigenvalue weighted by Crippen LogP contribution is -2.12. The van der Waals surface area contributed by atoms with Gasteiger partial charge in [-0.05, 0) is 17.7 Å². The van der Waals surface area contributed by atoms with Gasteiger partial charge in [0.15, 0.2) is 0 Å². The van der Waals surface area contributed by atoms with Crippen molar-refractivity contribution in [2.24, 2.45) is 0 Å². The zero-order valence-electron chi connectivity index (χ0n) is 10.9. The molecule has 0 amide bonds. The molecule has 0 fully saturated rings. The lowest BCUT2D eigenvalue weighted by atomic mass is 10.2. The Bertz CT molecular complexity index is 719. The number of benzene rings is 1. The van der Waals surface area contributed by atoms with Crippen molar-refractivity contribution in [2.75, 3.05) is 0 Å². The molecule has 100 valence electrons. The van der Waals surface area contributed by atoms with E-state index in [2.05, 4.69) is 4.98 Å². The molecule has 0 saturated heterocycles. The topological polar surface area (TPSA) is 44.1 Å². The molecule has 0 unspecified atom stereocenters. The van der Waals surface area contributed by atoms with Gasteiger partial charge >= 0.3 is 5.97 Å². The van der Waals surface area contributed by atoms with Gasteiger partial charge in [-0.3, -0.25) is 9.78 Å². The van der Waals surface area contributed by atoms with Crippen molar-refractivity contribution in [3.8, 4) is 0 Å². The quantitative estimate of drug-likeness (QED) is 0.682. The fourth-order valence-corrected chi connectivity index (χ4v) is 2.09. The molecular weight excluding hydrogens is 252 g/mol. The number of carbonyl (C=O) groups is 1. The van der Waals surface area contributed by atoms with Gasteiger partial charge in [-0.25, -0.2) is 0 Å². The van der Waals surface area contributed by atoms with Crippen LogP contribution in [0.3, 0.4) is 0 Å². The third-order valence-electron chi connectivity index (χ3n) is 3.12. The summed E-state index contributed by atoms with van der Waals surface area (Å²) in [6.07, 6.45) is 5.36. The van der Waals surface area contributed by atoms with Gasteiger partial charge in [0.05, 0.1) is 11.7 Å². The van der Waals surface area contributed by atoms with Crippen LogP contribution < -0.4 is 0 Å². The molecule has 1 aromatic carbocycles. The number of esters is 1. The second kappa shape index (κ2) is 5.57. The SMILES string of the molecule is O=C(Cn1ccc2ccncc21)OCc1ccccc1. The van der Waals surface area contributed by atoms with Crippen molar-refractivity contribution in [3.63, 3.8) is 0 Å². The largest absolute Gasteiger partial charge is 0.459 e. The van der Waals surface area contributed by atoms with Crippen LogP contribution in [0, 0.1) is 0 Å². The molecule has 0 aliphatic carbocycles.